The molecule has 1 saturated heterocycles. The molecular weight excluding hydrogens is 294 g/mol. The third-order valence-corrected chi connectivity index (χ3v) is 3.63. The molecule has 0 amide bonds. The Labute approximate surface area is 125 Å². The smallest absolute Gasteiger partial charge is 0.288 e. The van der Waals surface area contributed by atoms with Crippen molar-refractivity contribution in [3.8, 4) is 0 Å². The lowest BCUT2D eigenvalue weighted by Gasteiger charge is -2.32. The summed E-state index contributed by atoms with van der Waals surface area (Å²) >= 11 is 0. The van der Waals surface area contributed by atoms with E-state index in [4.69, 9.17) is 15.2 Å². The van der Waals surface area contributed by atoms with Crippen LogP contribution in [0.3, 0.4) is 0 Å². The van der Waals surface area contributed by atoms with Crippen molar-refractivity contribution in [2.75, 3.05) is 18.9 Å². The molecule has 120 valence electrons. The maximum Gasteiger partial charge on any atom is 0.288 e. The quantitative estimate of drug-likeness (QED) is 0.511. The molecule has 2 aromatic heterocycles. The van der Waals surface area contributed by atoms with Gasteiger partial charge in [0.1, 0.15) is 30.4 Å². The van der Waals surface area contributed by atoms with Crippen molar-refractivity contribution < 1.29 is 24.8 Å². The minimum atomic E-state index is -1.75. The van der Waals surface area contributed by atoms with Crippen molar-refractivity contribution >= 4 is 17.0 Å². The SMILES string of the molecule is CCO[C@@]1(n2cnc3c(N)ncnc32)O[C@H](CO)[C@@H](O)[C@H]1O. The minimum absolute atomic E-state index is 0.169. The molecule has 22 heavy (non-hydrogen) atoms. The zero-order chi connectivity index (χ0) is 15.9. The minimum Gasteiger partial charge on any atom is -0.394 e. The number of anilines is 1. The van der Waals surface area contributed by atoms with Gasteiger partial charge in [-0.15, -0.1) is 0 Å². The maximum absolute atomic E-state index is 10.4. The van der Waals surface area contributed by atoms with Crippen LogP contribution in [0.15, 0.2) is 12.7 Å². The number of hydrogen-bond donors (Lipinski definition) is 4. The summed E-state index contributed by atoms with van der Waals surface area (Å²) in [7, 11) is 0. The Hall–Kier alpha value is -1.85. The van der Waals surface area contributed by atoms with Crippen molar-refractivity contribution in [2.24, 2.45) is 0 Å². The van der Waals surface area contributed by atoms with Gasteiger partial charge < -0.3 is 30.5 Å². The Morgan fingerprint density at radius 2 is 2.18 bits per heavy atom. The van der Waals surface area contributed by atoms with E-state index in [1.165, 1.54) is 17.2 Å². The molecule has 1 aliphatic rings. The van der Waals surface area contributed by atoms with E-state index in [-0.39, 0.29) is 18.1 Å². The molecule has 10 heteroatoms. The number of nitrogens with zero attached hydrogens (tertiary/aromatic N) is 4. The van der Waals surface area contributed by atoms with Gasteiger partial charge in [0.2, 0.25) is 0 Å². The fourth-order valence-corrected chi connectivity index (χ4v) is 2.60. The summed E-state index contributed by atoms with van der Waals surface area (Å²) in [5, 5.41) is 29.7. The van der Waals surface area contributed by atoms with Crippen LogP contribution >= 0.6 is 0 Å². The highest BCUT2D eigenvalue weighted by Crippen LogP contribution is 2.38. The van der Waals surface area contributed by atoms with Gasteiger partial charge in [-0.3, -0.25) is 4.57 Å². The van der Waals surface area contributed by atoms with Gasteiger partial charge in [-0.1, -0.05) is 0 Å². The average Bonchev–Trinajstić information content (AvgIpc) is 3.04. The Morgan fingerprint density at radius 3 is 2.82 bits per heavy atom. The van der Waals surface area contributed by atoms with Gasteiger partial charge in [-0.05, 0) is 6.92 Å². The molecular formula is C12H17N5O5. The normalized spacial score (nSPS) is 31.9. The van der Waals surface area contributed by atoms with Crippen LogP contribution in [0.4, 0.5) is 5.82 Å². The summed E-state index contributed by atoms with van der Waals surface area (Å²) in [5.74, 6) is -1.58. The first kappa shape index (κ1) is 15.1. The van der Waals surface area contributed by atoms with Crippen LogP contribution < -0.4 is 5.73 Å². The Balaban J connectivity index is 2.17. The first-order valence-electron chi connectivity index (χ1n) is 6.78. The fourth-order valence-electron chi connectivity index (χ4n) is 2.60. The second-order valence-corrected chi connectivity index (χ2v) is 4.88. The van der Waals surface area contributed by atoms with E-state index < -0.39 is 30.8 Å². The van der Waals surface area contributed by atoms with Crippen molar-refractivity contribution in [3.63, 3.8) is 0 Å². The van der Waals surface area contributed by atoms with E-state index in [9.17, 15) is 15.3 Å². The van der Waals surface area contributed by atoms with Crippen LogP contribution in [0.5, 0.6) is 0 Å². The van der Waals surface area contributed by atoms with Crippen molar-refractivity contribution in [2.45, 2.75) is 31.1 Å². The number of aromatic nitrogens is 4. The standard InChI is InChI=1S/C12H17N5O5/c1-2-21-12(9(20)8(19)6(3-18)22-12)17-5-16-7-10(13)14-4-15-11(7)17/h4-6,8-9,18-20H,2-3H2,1H3,(H2,13,14,15)/t6-,8-,9-,12-/m1/s1. The Kier molecular flexibility index (Phi) is 3.70. The summed E-state index contributed by atoms with van der Waals surface area (Å²) in [6.07, 6.45) is -1.19. The average molecular weight is 311 g/mol. The van der Waals surface area contributed by atoms with Crippen LogP contribution in [0.25, 0.3) is 11.2 Å². The second kappa shape index (κ2) is 5.41. The van der Waals surface area contributed by atoms with Crippen LogP contribution in [0.2, 0.25) is 0 Å². The fraction of sp³-hybridized carbons (Fsp3) is 0.583. The molecule has 1 aliphatic heterocycles. The van der Waals surface area contributed by atoms with Crippen molar-refractivity contribution in [1.29, 1.82) is 0 Å². The molecule has 0 saturated carbocycles. The molecule has 3 rings (SSSR count). The van der Waals surface area contributed by atoms with E-state index in [0.29, 0.717) is 5.52 Å². The molecule has 0 spiro atoms. The molecule has 10 nitrogen and oxygen atoms in total. The van der Waals surface area contributed by atoms with Gasteiger partial charge in [0, 0.05) is 6.61 Å². The third-order valence-electron chi connectivity index (χ3n) is 3.63. The van der Waals surface area contributed by atoms with Crippen LogP contribution in [-0.4, -0.2) is 66.4 Å². The lowest BCUT2D eigenvalue weighted by Crippen LogP contribution is -2.47. The Morgan fingerprint density at radius 1 is 1.41 bits per heavy atom. The lowest BCUT2D eigenvalue weighted by atomic mass is 10.1. The molecule has 4 atom stereocenters. The highest BCUT2D eigenvalue weighted by atomic mass is 16.7. The highest BCUT2D eigenvalue weighted by Gasteiger charge is 2.57. The topological polar surface area (TPSA) is 149 Å². The van der Waals surface area contributed by atoms with E-state index in [1.54, 1.807) is 6.92 Å². The number of nitrogen functional groups attached to an aromatic ring is 1. The number of aliphatic hydroxyl groups excluding tert-OH is 3. The predicted octanol–water partition coefficient (Wildman–Crippen LogP) is -1.83. The van der Waals surface area contributed by atoms with Gasteiger partial charge in [0.05, 0.1) is 6.61 Å². The molecule has 0 aliphatic carbocycles. The molecule has 5 N–H and O–H groups in total. The summed E-state index contributed by atoms with van der Waals surface area (Å²) in [4.78, 5) is 12.0. The zero-order valence-corrected chi connectivity index (χ0v) is 11.8. The molecule has 0 unspecified atom stereocenters. The van der Waals surface area contributed by atoms with Gasteiger partial charge in [-0.2, -0.15) is 0 Å². The number of fused-ring (bicyclic) bond motifs is 1. The summed E-state index contributed by atoms with van der Waals surface area (Å²) in [5.41, 5.74) is 6.34. The second-order valence-electron chi connectivity index (χ2n) is 4.88. The number of rotatable bonds is 4. The first-order valence-corrected chi connectivity index (χ1v) is 6.78. The lowest BCUT2D eigenvalue weighted by molar-refractivity contribution is -0.312. The summed E-state index contributed by atoms with van der Waals surface area (Å²) in [6.45, 7) is 1.41. The van der Waals surface area contributed by atoms with Crippen LogP contribution in [0, 0.1) is 0 Å². The van der Waals surface area contributed by atoms with E-state index in [0.717, 1.165) is 0 Å². The first-order chi connectivity index (χ1) is 10.5. The van der Waals surface area contributed by atoms with Crippen LogP contribution in [0.1, 0.15) is 6.92 Å². The predicted molar refractivity (Wildman–Crippen MR) is 73.3 cm³/mol. The Bertz CT molecular complexity index is 679. The largest absolute Gasteiger partial charge is 0.394 e. The molecule has 1 fully saturated rings. The van der Waals surface area contributed by atoms with Crippen LogP contribution in [-0.2, 0) is 15.4 Å². The highest BCUT2D eigenvalue weighted by molar-refractivity contribution is 5.81. The molecule has 0 radical (unpaired) electrons. The monoisotopic (exact) mass is 311 g/mol. The number of ether oxygens (including phenoxy) is 2. The molecule has 3 heterocycles. The van der Waals surface area contributed by atoms with E-state index in [1.807, 2.05) is 0 Å². The van der Waals surface area contributed by atoms with Gasteiger partial charge in [0.15, 0.2) is 17.6 Å². The van der Waals surface area contributed by atoms with Crippen molar-refractivity contribution in [1.82, 2.24) is 19.5 Å². The number of nitrogens with two attached hydrogens (primary N) is 1. The summed E-state index contributed by atoms with van der Waals surface area (Å²) in [6, 6.07) is 0. The van der Waals surface area contributed by atoms with Gasteiger partial charge in [0.25, 0.3) is 5.91 Å². The maximum atomic E-state index is 10.4. The molecule has 0 aromatic carbocycles. The van der Waals surface area contributed by atoms with Gasteiger partial charge in [-0.25, -0.2) is 15.0 Å². The number of aliphatic hydroxyl groups is 3. The van der Waals surface area contributed by atoms with Gasteiger partial charge >= 0.3 is 0 Å². The molecule has 2 aromatic rings. The number of hydrogen-bond acceptors (Lipinski definition) is 9. The number of imidazole rings is 1. The zero-order valence-electron chi connectivity index (χ0n) is 11.8. The molecule has 0 bridgehead atoms. The summed E-state index contributed by atoms with van der Waals surface area (Å²) < 4.78 is 12.5. The van der Waals surface area contributed by atoms with E-state index in [2.05, 4.69) is 15.0 Å². The third kappa shape index (κ3) is 1.96. The van der Waals surface area contributed by atoms with Crippen molar-refractivity contribution in [3.05, 3.63) is 12.7 Å². The van der Waals surface area contributed by atoms with E-state index >= 15 is 0 Å².